The summed E-state index contributed by atoms with van der Waals surface area (Å²) in [5.74, 6) is 0.910. The second-order valence-electron chi connectivity index (χ2n) is 5.62. The quantitative estimate of drug-likeness (QED) is 0.722. The molecule has 1 aromatic heterocycles. The molecule has 0 unspecified atom stereocenters. The number of H-pyrrole nitrogens is 1. The SMILES string of the molecule is COc1ccc2[nH]c3c(c2c1)CCN[C@@H]3c1ccc(Br)cc1. The van der Waals surface area contributed by atoms with Gasteiger partial charge in [-0.15, -0.1) is 0 Å². The Morgan fingerprint density at radius 1 is 1.14 bits per heavy atom. The Morgan fingerprint density at radius 3 is 2.73 bits per heavy atom. The van der Waals surface area contributed by atoms with Crippen LogP contribution in [-0.2, 0) is 6.42 Å². The van der Waals surface area contributed by atoms with Crippen molar-refractivity contribution in [2.75, 3.05) is 13.7 Å². The van der Waals surface area contributed by atoms with Gasteiger partial charge in [-0.2, -0.15) is 0 Å². The predicted octanol–water partition coefficient (Wildman–Crippen LogP) is 4.17. The fraction of sp³-hybridized carbons (Fsp3) is 0.222. The van der Waals surface area contributed by atoms with Gasteiger partial charge in [0.2, 0.25) is 0 Å². The second kappa shape index (κ2) is 5.45. The van der Waals surface area contributed by atoms with Gasteiger partial charge in [0.25, 0.3) is 0 Å². The third-order valence-electron chi connectivity index (χ3n) is 4.36. The third kappa shape index (κ3) is 2.23. The average molecular weight is 357 g/mol. The molecular formula is C18H17BrN2O. The Balaban J connectivity index is 1.85. The Kier molecular flexibility index (Phi) is 3.43. The Hall–Kier alpha value is -1.78. The van der Waals surface area contributed by atoms with Gasteiger partial charge < -0.3 is 15.0 Å². The molecule has 0 aliphatic carbocycles. The number of fused-ring (bicyclic) bond motifs is 3. The average Bonchev–Trinajstić information content (AvgIpc) is 2.93. The molecule has 2 N–H and O–H groups in total. The molecule has 3 nitrogen and oxygen atoms in total. The van der Waals surface area contributed by atoms with Crippen molar-refractivity contribution in [2.45, 2.75) is 12.5 Å². The second-order valence-corrected chi connectivity index (χ2v) is 6.53. The van der Waals surface area contributed by atoms with Crippen LogP contribution >= 0.6 is 15.9 Å². The molecule has 112 valence electrons. The summed E-state index contributed by atoms with van der Waals surface area (Å²) in [4.78, 5) is 3.60. The highest BCUT2D eigenvalue weighted by molar-refractivity contribution is 9.10. The first kappa shape index (κ1) is 13.9. The molecule has 0 saturated carbocycles. The van der Waals surface area contributed by atoms with Gasteiger partial charge in [0.15, 0.2) is 0 Å². The molecule has 3 aromatic rings. The van der Waals surface area contributed by atoms with Crippen molar-refractivity contribution in [3.05, 3.63) is 63.8 Å². The van der Waals surface area contributed by atoms with E-state index in [2.05, 4.69) is 62.6 Å². The maximum absolute atomic E-state index is 5.37. The number of aromatic nitrogens is 1. The van der Waals surface area contributed by atoms with Crippen LogP contribution in [0.4, 0.5) is 0 Å². The van der Waals surface area contributed by atoms with Crippen LogP contribution < -0.4 is 10.1 Å². The molecule has 2 heterocycles. The number of hydrogen-bond donors (Lipinski definition) is 2. The largest absolute Gasteiger partial charge is 0.497 e. The van der Waals surface area contributed by atoms with Crippen LogP contribution in [-0.4, -0.2) is 18.6 Å². The van der Waals surface area contributed by atoms with Gasteiger partial charge in [0, 0.05) is 27.6 Å². The Morgan fingerprint density at radius 2 is 1.95 bits per heavy atom. The van der Waals surface area contributed by atoms with E-state index in [0.717, 1.165) is 23.2 Å². The van der Waals surface area contributed by atoms with Crippen molar-refractivity contribution >= 4 is 26.8 Å². The molecule has 0 spiro atoms. The topological polar surface area (TPSA) is 37.0 Å². The highest BCUT2D eigenvalue weighted by Gasteiger charge is 2.25. The molecule has 0 saturated heterocycles. The van der Waals surface area contributed by atoms with Crippen LogP contribution in [0.3, 0.4) is 0 Å². The van der Waals surface area contributed by atoms with Crippen LogP contribution in [0.5, 0.6) is 5.75 Å². The molecule has 2 aromatic carbocycles. The van der Waals surface area contributed by atoms with E-state index >= 15 is 0 Å². The van der Waals surface area contributed by atoms with E-state index in [0.29, 0.717) is 0 Å². The lowest BCUT2D eigenvalue weighted by Gasteiger charge is -2.25. The first-order chi connectivity index (χ1) is 10.8. The fourth-order valence-electron chi connectivity index (χ4n) is 3.27. The molecule has 4 rings (SSSR count). The van der Waals surface area contributed by atoms with E-state index in [1.807, 2.05) is 6.07 Å². The van der Waals surface area contributed by atoms with Crippen LogP contribution in [0.1, 0.15) is 22.9 Å². The van der Waals surface area contributed by atoms with Gasteiger partial charge in [0.1, 0.15) is 5.75 Å². The van der Waals surface area contributed by atoms with E-state index in [1.54, 1.807) is 7.11 Å². The van der Waals surface area contributed by atoms with E-state index in [9.17, 15) is 0 Å². The predicted molar refractivity (Wildman–Crippen MR) is 92.5 cm³/mol. The zero-order valence-electron chi connectivity index (χ0n) is 12.3. The van der Waals surface area contributed by atoms with Crippen molar-refractivity contribution in [1.29, 1.82) is 0 Å². The molecule has 1 aliphatic heterocycles. The lowest BCUT2D eigenvalue weighted by Crippen LogP contribution is -2.30. The zero-order chi connectivity index (χ0) is 15.1. The van der Waals surface area contributed by atoms with Crippen molar-refractivity contribution in [2.24, 2.45) is 0 Å². The fourth-order valence-corrected chi connectivity index (χ4v) is 3.54. The smallest absolute Gasteiger partial charge is 0.119 e. The molecule has 0 fully saturated rings. The number of hydrogen-bond acceptors (Lipinski definition) is 2. The van der Waals surface area contributed by atoms with Crippen LogP contribution in [0.15, 0.2) is 46.9 Å². The lowest BCUT2D eigenvalue weighted by molar-refractivity contribution is 0.415. The Labute approximate surface area is 137 Å². The maximum atomic E-state index is 5.37. The number of aromatic amines is 1. The molecular weight excluding hydrogens is 340 g/mol. The number of benzene rings is 2. The van der Waals surface area contributed by atoms with Crippen molar-refractivity contribution in [3.8, 4) is 5.75 Å². The van der Waals surface area contributed by atoms with Gasteiger partial charge in [-0.3, -0.25) is 0 Å². The van der Waals surface area contributed by atoms with Gasteiger partial charge in [-0.05, 0) is 47.9 Å². The number of methoxy groups -OCH3 is 1. The first-order valence-corrected chi connectivity index (χ1v) is 8.23. The van der Waals surface area contributed by atoms with E-state index in [-0.39, 0.29) is 6.04 Å². The van der Waals surface area contributed by atoms with Gasteiger partial charge in [-0.25, -0.2) is 0 Å². The Bertz CT molecular complexity index is 823. The summed E-state index contributed by atoms with van der Waals surface area (Å²) in [6, 6.07) is 15.0. The molecule has 0 bridgehead atoms. The maximum Gasteiger partial charge on any atom is 0.119 e. The normalized spacial score (nSPS) is 17.5. The third-order valence-corrected chi connectivity index (χ3v) is 4.89. The van der Waals surface area contributed by atoms with Crippen LogP contribution in [0, 0.1) is 0 Å². The highest BCUT2D eigenvalue weighted by atomic mass is 79.9. The number of rotatable bonds is 2. The molecule has 0 amide bonds. The van der Waals surface area contributed by atoms with Crippen molar-refractivity contribution in [3.63, 3.8) is 0 Å². The molecule has 1 aliphatic rings. The monoisotopic (exact) mass is 356 g/mol. The summed E-state index contributed by atoms with van der Waals surface area (Å²) in [6.07, 6.45) is 1.04. The molecule has 0 radical (unpaired) electrons. The molecule has 4 heteroatoms. The van der Waals surface area contributed by atoms with Crippen LogP contribution in [0.2, 0.25) is 0 Å². The summed E-state index contributed by atoms with van der Waals surface area (Å²) in [5, 5.41) is 4.90. The van der Waals surface area contributed by atoms with Gasteiger partial charge >= 0.3 is 0 Å². The number of halogens is 1. The minimum absolute atomic E-state index is 0.218. The van der Waals surface area contributed by atoms with Gasteiger partial charge in [0.05, 0.1) is 13.2 Å². The number of ether oxygens (including phenoxy) is 1. The lowest BCUT2D eigenvalue weighted by atomic mass is 9.94. The summed E-state index contributed by atoms with van der Waals surface area (Å²) in [6.45, 7) is 0.984. The highest BCUT2D eigenvalue weighted by Crippen LogP contribution is 2.35. The van der Waals surface area contributed by atoms with Crippen molar-refractivity contribution < 1.29 is 4.74 Å². The number of nitrogens with one attached hydrogen (secondary N) is 2. The van der Waals surface area contributed by atoms with Crippen molar-refractivity contribution in [1.82, 2.24) is 10.3 Å². The van der Waals surface area contributed by atoms with Gasteiger partial charge in [-0.1, -0.05) is 28.1 Å². The van der Waals surface area contributed by atoms with E-state index in [1.165, 1.54) is 27.7 Å². The summed E-state index contributed by atoms with van der Waals surface area (Å²) >= 11 is 3.50. The molecule has 22 heavy (non-hydrogen) atoms. The van der Waals surface area contributed by atoms with E-state index < -0.39 is 0 Å². The zero-order valence-corrected chi connectivity index (χ0v) is 13.9. The van der Waals surface area contributed by atoms with E-state index in [4.69, 9.17) is 4.74 Å². The summed E-state index contributed by atoms with van der Waals surface area (Å²) < 4.78 is 6.48. The standard InChI is InChI=1S/C18H17BrN2O/c1-22-13-6-7-16-15(10-13)14-8-9-20-17(18(14)21-16)11-2-4-12(19)5-3-11/h2-7,10,17,20-21H,8-9H2,1H3/t17-/m1/s1. The summed E-state index contributed by atoms with van der Waals surface area (Å²) in [7, 11) is 1.71. The first-order valence-electron chi connectivity index (χ1n) is 7.43. The molecule has 1 atom stereocenters. The summed E-state index contributed by atoms with van der Waals surface area (Å²) in [5.41, 5.74) is 5.14. The van der Waals surface area contributed by atoms with Crippen LogP contribution in [0.25, 0.3) is 10.9 Å². The minimum Gasteiger partial charge on any atom is -0.497 e. The minimum atomic E-state index is 0.218.